The molecule has 132 valence electrons. The Labute approximate surface area is 147 Å². The Hall–Kier alpha value is -2.63. The second-order valence-corrected chi connectivity index (χ2v) is 6.56. The zero-order chi connectivity index (χ0) is 17.8. The number of nitrogens with one attached hydrogen (secondary N) is 1. The van der Waals surface area contributed by atoms with Crippen LogP contribution in [-0.4, -0.2) is 39.6 Å². The summed E-state index contributed by atoms with van der Waals surface area (Å²) in [7, 11) is 1.83. The number of hydrogen-bond donors (Lipinski definition) is 1. The van der Waals surface area contributed by atoms with Crippen molar-refractivity contribution >= 4 is 11.8 Å². The summed E-state index contributed by atoms with van der Waals surface area (Å²) in [6.45, 7) is 3.66. The quantitative estimate of drug-likeness (QED) is 0.924. The van der Waals surface area contributed by atoms with Gasteiger partial charge in [0.15, 0.2) is 5.69 Å². The first kappa shape index (κ1) is 17.2. The van der Waals surface area contributed by atoms with Crippen LogP contribution in [0, 0.1) is 12.8 Å². The topological polar surface area (TPSA) is 67.2 Å². The first-order valence-electron chi connectivity index (χ1n) is 8.66. The molecule has 0 unspecified atom stereocenters. The highest BCUT2D eigenvalue weighted by atomic mass is 16.2. The number of hydrogen-bond acceptors (Lipinski definition) is 3. The summed E-state index contributed by atoms with van der Waals surface area (Å²) in [5.74, 6) is -0.00490. The van der Waals surface area contributed by atoms with Gasteiger partial charge in [-0.1, -0.05) is 30.3 Å². The number of rotatable bonds is 4. The number of benzene rings is 1. The van der Waals surface area contributed by atoms with E-state index in [2.05, 4.69) is 10.4 Å². The number of carbonyl (C=O) groups excluding carboxylic acids is 2. The van der Waals surface area contributed by atoms with Gasteiger partial charge in [-0.3, -0.25) is 14.3 Å². The van der Waals surface area contributed by atoms with Gasteiger partial charge in [0.25, 0.3) is 5.91 Å². The molecular weight excluding hydrogens is 316 g/mol. The maximum absolute atomic E-state index is 12.5. The summed E-state index contributed by atoms with van der Waals surface area (Å²) >= 11 is 0. The van der Waals surface area contributed by atoms with Crippen molar-refractivity contribution < 1.29 is 9.59 Å². The SMILES string of the molecule is Cc1cc(C(=O)N2CCC(C(=O)NCc3ccccc3)CC2)nn1C. The molecule has 6 nitrogen and oxygen atoms in total. The molecule has 1 aromatic carbocycles. The number of aromatic nitrogens is 2. The third-order valence-corrected chi connectivity index (χ3v) is 4.80. The van der Waals surface area contributed by atoms with Crippen LogP contribution in [0.2, 0.25) is 0 Å². The second-order valence-electron chi connectivity index (χ2n) is 6.56. The van der Waals surface area contributed by atoms with Crippen LogP contribution in [0.15, 0.2) is 36.4 Å². The lowest BCUT2D eigenvalue weighted by Crippen LogP contribution is -2.43. The van der Waals surface area contributed by atoms with Gasteiger partial charge in [0, 0.05) is 38.3 Å². The zero-order valence-corrected chi connectivity index (χ0v) is 14.7. The van der Waals surface area contributed by atoms with E-state index in [0.717, 1.165) is 11.3 Å². The largest absolute Gasteiger partial charge is 0.352 e. The van der Waals surface area contributed by atoms with Gasteiger partial charge in [0.1, 0.15) is 0 Å². The Morgan fingerprint density at radius 1 is 1.20 bits per heavy atom. The van der Waals surface area contributed by atoms with Gasteiger partial charge in [-0.2, -0.15) is 5.10 Å². The Kier molecular flexibility index (Phi) is 5.16. The van der Waals surface area contributed by atoms with E-state index in [1.165, 1.54) is 0 Å². The molecule has 1 N–H and O–H groups in total. The molecule has 25 heavy (non-hydrogen) atoms. The first-order chi connectivity index (χ1) is 12.0. The predicted molar refractivity (Wildman–Crippen MR) is 94.9 cm³/mol. The molecule has 2 heterocycles. The molecule has 2 aromatic rings. The number of likely N-dealkylation sites (tertiary alicyclic amines) is 1. The van der Waals surface area contributed by atoms with Gasteiger partial charge in [-0.05, 0) is 31.4 Å². The van der Waals surface area contributed by atoms with E-state index < -0.39 is 0 Å². The van der Waals surface area contributed by atoms with Crippen LogP contribution >= 0.6 is 0 Å². The predicted octanol–water partition coefficient (Wildman–Crippen LogP) is 1.90. The average molecular weight is 340 g/mol. The molecule has 0 atom stereocenters. The molecule has 0 bridgehead atoms. The van der Waals surface area contributed by atoms with Crippen LogP contribution in [-0.2, 0) is 18.4 Å². The van der Waals surface area contributed by atoms with Crippen molar-refractivity contribution in [3.05, 3.63) is 53.3 Å². The van der Waals surface area contributed by atoms with Gasteiger partial charge >= 0.3 is 0 Å². The average Bonchev–Trinajstić information content (AvgIpc) is 2.99. The maximum atomic E-state index is 12.5. The van der Waals surface area contributed by atoms with Gasteiger partial charge in [-0.25, -0.2) is 0 Å². The highest BCUT2D eigenvalue weighted by Crippen LogP contribution is 2.19. The third kappa shape index (κ3) is 4.07. The van der Waals surface area contributed by atoms with E-state index in [4.69, 9.17) is 0 Å². The first-order valence-corrected chi connectivity index (χ1v) is 8.66. The number of aryl methyl sites for hydroxylation is 2. The lowest BCUT2D eigenvalue weighted by atomic mass is 9.95. The summed E-state index contributed by atoms with van der Waals surface area (Å²) in [5.41, 5.74) is 2.53. The summed E-state index contributed by atoms with van der Waals surface area (Å²) in [6, 6.07) is 11.7. The van der Waals surface area contributed by atoms with Crippen LogP contribution in [0.5, 0.6) is 0 Å². The number of nitrogens with zero attached hydrogens (tertiary/aromatic N) is 3. The molecule has 1 saturated heterocycles. The second kappa shape index (κ2) is 7.51. The van der Waals surface area contributed by atoms with Gasteiger partial charge in [0.05, 0.1) is 0 Å². The number of carbonyl (C=O) groups is 2. The molecule has 0 saturated carbocycles. The van der Waals surface area contributed by atoms with Crippen molar-refractivity contribution in [1.82, 2.24) is 20.0 Å². The molecule has 6 heteroatoms. The molecule has 0 radical (unpaired) electrons. The van der Waals surface area contributed by atoms with E-state index in [-0.39, 0.29) is 17.7 Å². The van der Waals surface area contributed by atoms with Crippen LogP contribution in [0.3, 0.4) is 0 Å². The summed E-state index contributed by atoms with van der Waals surface area (Å²) in [4.78, 5) is 26.6. The molecule has 1 aromatic heterocycles. The number of amides is 2. The van der Waals surface area contributed by atoms with Crippen LogP contribution in [0.25, 0.3) is 0 Å². The third-order valence-electron chi connectivity index (χ3n) is 4.80. The van der Waals surface area contributed by atoms with Crippen LogP contribution in [0.1, 0.15) is 34.6 Å². The maximum Gasteiger partial charge on any atom is 0.274 e. The van der Waals surface area contributed by atoms with Crippen molar-refractivity contribution in [3.8, 4) is 0 Å². The normalized spacial score (nSPS) is 15.2. The standard InChI is InChI=1S/C19H24N4O2/c1-14-12-17(21-22(14)2)19(25)23-10-8-16(9-11-23)18(24)20-13-15-6-4-3-5-7-15/h3-7,12,16H,8-11,13H2,1-2H3,(H,20,24). The van der Waals surface area contributed by atoms with Gasteiger partial charge < -0.3 is 10.2 Å². The van der Waals surface area contributed by atoms with Crippen molar-refractivity contribution in [1.29, 1.82) is 0 Å². The molecule has 1 aliphatic rings. The van der Waals surface area contributed by atoms with E-state index >= 15 is 0 Å². The fourth-order valence-corrected chi connectivity index (χ4v) is 3.10. The van der Waals surface area contributed by atoms with Gasteiger partial charge in [-0.15, -0.1) is 0 Å². The highest BCUT2D eigenvalue weighted by Gasteiger charge is 2.28. The van der Waals surface area contributed by atoms with Crippen LogP contribution < -0.4 is 5.32 Å². The van der Waals surface area contributed by atoms with Crippen molar-refractivity contribution in [2.75, 3.05) is 13.1 Å². The minimum Gasteiger partial charge on any atom is -0.352 e. The Morgan fingerprint density at radius 2 is 1.88 bits per heavy atom. The molecule has 3 rings (SSSR count). The molecule has 1 aliphatic heterocycles. The minimum atomic E-state index is -0.0492. The summed E-state index contributed by atoms with van der Waals surface area (Å²) in [5, 5.41) is 7.25. The van der Waals surface area contributed by atoms with Crippen molar-refractivity contribution in [3.63, 3.8) is 0 Å². The van der Waals surface area contributed by atoms with Crippen molar-refractivity contribution in [2.45, 2.75) is 26.3 Å². The van der Waals surface area contributed by atoms with E-state index in [0.29, 0.717) is 38.2 Å². The molecule has 1 fully saturated rings. The van der Waals surface area contributed by atoms with Crippen LogP contribution in [0.4, 0.5) is 0 Å². The molecule has 0 aliphatic carbocycles. The Morgan fingerprint density at radius 3 is 2.48 bits per heavy atom. The fourth-order valence-electron chi connectivity index (χ4n) is 3.10. The summed E-state index contributed by atoms with van der Waals surface area (Å²) < 4.78 is 1.71. The lowest BCUT2D eigenvalue weighted by Gasteiger charge is -2.30. The van der Waals surface area contributed by atoms with Gasteiger partial charge in [0.2, 0.25) is 5.91 Å². The lowest BCUT2D eigenvalue weighted by molar-refractivity contribution is -0.126. The Balaban J connectivity index is 1.49. The van der Waals surface area contributed by atoms with E-state index in [9.17, 15) is 9.59 Å². The van der Waals surface area contributed by atoms with E-state index in [1.807, 2.05) is 44.3 Å². The number of piperidine rings is 1. The minimum absolute atomic E-state index is 0.0294. The monoisotopic (exact) mass is 340 g/mol. The van der Waals surface area contributed by atoms with Crippen molar-refractivity contribution in [2.24, 2.45) is 13.0 Å². The molecule has 0 spiro atoms. The van der Waals surface area contributed by atoms with E-state index in [1.54, 1.807) is 15.6 Å². The Bertz CT molecular complexity index is 727. The fraction of sp³-hybridized carbons (Fsp3) is 0.421. The molecule has 2 amide bonds. The summed E-state index contributed by atoms with van der Waals surface area (Å²) in [6.07, 6.45) is 1.39. The molecular formula is C19H24N4O2. The highest BCUT2D eigenvalue weighted by molar-refractivity contribution is 5.92. The smallest absolute Gasteiger partial charge is 0.274 e. The zero-order valence-electron chi connectivity index (χ0n) is 14.7.